The molecule has 0 radical (unpaired) electrons. The van der Waals surface area contributed by atoms with Crippen LogP contribution >= 0.6 is 11.9 Å². The van der Waals surface area contributed by atoms with Gasteiger partial charge in [0.15, 0.2) is 15.1 Å². The number of carbonyl (C=O) groups is 1. The summed E-state index contributed by atoms with van der Waals surface area (Å²) in [6.07, 6.45) is 1.05. The number of hydrogen-bond acceptors (Lipinski definition) is 4. The topological polar surface area (TPSA) is 94.5 Å². The number of halogens is 1. The summed E-state index contributed by atoms with van der Waals surface area (Å²) in [5.74, 6) is -1.27. The van der Waals surface area contributed by atoms with E-state index in [0.29, 0.717) is 0 Å². The van der Waals surface area contributed by atoms with Crippen LogP contribution in [0.5, 0.6) is 0 Å². The summed E-state index contributed by atoms with van der Waals surface area (Å²) in [6, 6.07) is 0. The van der Waals surface area contributed by atoms with E-state index in [1.807, 2.05) is 0 Å². The van der Waals surface area contributed by atoms with Crippen molar-refractivity contribution in [1.29, 1.82) is 0 Å². The van der Waals surface area contributed by atoms with Crippen molar-refractivity contribution in [2.75, 3.05) is 6.26 Å². The van der Waals surface area contributed by atoms with E-state index in [4.69, 9.17) is 9.77 Å². The molecule has 0 saturated carbocycles. The third kappa shape index (κ3) is 8.99. The average molecular weight is 241 g/mol. The fourth-order valence-corrected chi connectivity index (χ4v) is 1.63. The smallest absolute Gasteiger partial charge is 0.769 e. The SMILES string of the molecule is CCC(C(=O)O)S(C)(=O)=O.[Na+].[O-]Cl. The van der Waals surface area contributed by atoms with Crippen molar-refractivity contribution in [2.24, 2.45) is 0 Å². The molecule has 1 unspecified atom stereocenters. The van der Waals surface area contributed by atoms with Gasteiger partial charge in [0, 0.05) is 6.26 Å². The molecule has 0 saturated heterocycles. The van der Waals surface area contributed by atoms with Crippen molar-refractivity contribution < 1.29 is 52.5 Å². The second kappa shape index (κ2) is 9.23. The molecule has 0 aromatic rings. The quantitative estimate of drug-likeness (QED) is 0.515. The van der Waals surface area contributed by atoms with E-state index in [0.717, 1.165) is 6.26 Å². The average Bonchev–Trinajstić information content (AvgIpc) is 1.89. The molecule has 0 aromatic carbocycles. The molecular weight excluding hydrogens is 231 g/mol. The molecule has 0 amide bonds. The Morgan fingerprint density at radius 3 is 1.85 bits per heavy atom. The maximum atomic E-state index is 10.6. The van der Waals surface area contributed by atoms with Crippen LogP contribution in [0.15, 0.2) is 0 Å². The van der Waals surface area contributed by atoms with Gasteiger partial charge < -0.3 is 9.77 Å². The molecule has 0 aliphatic rings. The third-order valence-corrected chi connectivity index (χ3v) is 2.73. The molecule has 0 aromatic heterocycles. The van der Waals surface area contributed by atoms with Gasteiger partial charge in [-0.15, -0.1) is 0 Å². The Morgan fingerprint density at radius 1 is 1.54 bits per heavy atom. The van der Waals surface area contributed by atoms with Gasteiger partial charge >= 0.3 is 35.5 Å². The summed E-state index contributed by atoms with van der Waals surface area (Å²) < 4.78 is 29.0. The molecule has 1 N–H and O–H groups in total. The van der Waals surface area contributed by atoms with Crippen LogP contribution < -0.4 is 34.2 Å². The van der Waals surface area contributed by atoms with Gasteiger partial charge in [-0.1, -0.05) is 6.92 Å². The van der Waals surface area contributed by atoms with Crippen molar-refractivity contribution in [1.82, 2.24) is 0 Å². The minimum atomic E-state index is -3.41. The third-order valence-electron chi connectivity index (χ3n) is 1.16. The summed E-state index contributed by atoms with van der Waals surface area (Å²) in [4.78, 5) is 10.2. The Balaban J connectivity index is -0.000000309. The first-order valence-corrected chi connectivity index (χ1v) is 5.23. The molecule has 74 valence electrons. The Bertz CT molecular complexity index is 227. The first kappa shape index (κ1) is 19.3. The summed E-state index contributed by atoms with van der Waals surface area (Å²) in [7, 11) is -3.41. The molecule has 0 bridgehead atoms. The maximum Gasteiger partial charge on any atom is 1.00 e. The van der Waals surface area contributed by atoms with Crippen molar-refractivity contribution in [2.45, 2.75) is 18.6 Å². The van der Waals surface area contributed by atoms with Crippen LogP contribution in [-0.4, -0.2) is 31.0 Å². The van der Waals surface area contributed by atoms with Crippen molar-refractivity contribution in [3.05, 3.63) is 0 Å². The van der Waals surface area contributed by atoms with Crippen LogP contribution in [0.4, 0.5) is 0 Å². The second-order valence-electron chi connectivity index (χ2n) is 2.06. The molecule has 0 heterocycles. The minimum Gasteiger partial charge on any atom is -0.769 e. The molecule has 0 aliphatic heterocycles. The number of rotatable bonds is 3. The van der Waals surface area contributed by atoms with Crippen LogP contribution in [0, 0.1) is 0 Å². The Morgan fingerprint density at radius 2 is 1.85 bits per heavy atom. The number of hydrogen-bond donors (Lipinski definition) is 1. The Kier molecular flexibility index (Phi) is 13.7. The Hall–Kier alpha value is 0.670. The number of carboxylic acid groups (broad SMARTS) is 1. The second-order valence-corrected chi connectivity index (χ2v) is 4.29. The fourth-order valence-electron chi connectivity index (χ4n) is 0.661. The predicted octanol–water partition coefficient (Wildman–Crippen LogP) is -3.60. The van der Waals surface area contributed by atoms with Crippen LogP contribution in [0.25, 0.3) is 0 Å². The molecule has 5 nitrogen and oxygen atoms in total. The molecule has 0 rings (SSSR count). The molecule has 0 spiro atoms. The van der Waals surface area contributed by atoms with E-state index in [1.165, 1.54) is 6.92 Å². The van der Waals surface area contributed by atoms with E-state index < -0.39 is 21.1 Å². The molecular formula is C5H10ClNaO5S. The van der Waals surface area contributed by atoms with Crippen LogP contribution in [-0.2, 0) is 14.6 Å². The monoisotopic (exact) mass is 240 g/mol. The zero-order chi connectivity index (χ0) is 10.4. The molecule has 1 atom stereocenters. The summed E-state index contributed by atoms with van der Waals surface area (Å²) >= 11 is 3.39. The standard InChI is InChI=1S/C5H10O4S.ClO.Na/c1-3-4(5(6)7)10(2,8)9;1-2;/h4H,3H2,1-2H3,(H,6,7);;/q;-1;+1. The molecule has 8 heteroatoms. The van der Waals surface area contributed by atoms with E-state index in [2.05, 4.69) is 11.9 Å². The van der Waals surface area contributed by atoms with Crippen LogP contribution in [0.1, 0.15) is 13.3 Å². The number of sulfone groups is 1. The largest absolute Gasteiger partial charge is 1.00 e. The molecule has 0 aliphatic carbocycles. The number of carboxylic acids is 1. The van der Waals surface area contributed by atoms with E-state index in [1.54, 1.807) is 0 Å². The summed E-state index contributed by atoms with van der Waals surface area (Å²) in [5.41, 5.74) is 0. The first-order valence-electron chi connectivity index (χ1n) is 2.96. The zero-order valence-electron chi connectivity index (χ0n) is 7.65. The Labute approximate surface area is 104 Å². The fraction of sp³-hybridized carbons (Fsp3) is 0.800. The van der Waals surface area contributed by atoms with Crippen LogP contribution in [0.2, 0.25) is 0 Å². The van der Waals surface area contributed by atoms with Crippen LogP contribution in [0.3, 0.4) is 0 Å². The van der Waals surface area contributed by atoms with Gasteiger partial charge in [0.25, 0.3) is 0 Å². The van der Waals surface area contributed by atoms with Crippen molar-refractivity contribution in [3.8, 4) is 0 Å². The van der Waals surface area contributed by atoms with E-state index in [9.17, 15) is 13.2 Å². The zero-order valence-corrected chi connectivity index (χ0v) is 11.2. The predicted molar refractivity (Wildman–Crippen MR) is 42.4 cm³/mol. The van der Waals surface area contributed by atoms with Crippen molar-refractivity contribution in [3.63, 3.8) is 0 Å². The van der Waals surface area contributed by atoms with E-state index in [-0.39, 0.29) is 36.0 Å². The van der Waals surface area contributed by atoms with E-state index >= 15 is 0 Å². The summed E-state index contributed by atoms with van der Waals surface area (Å²) in [6.45, 7) is 1.53. The normalized spacial score (nSPS) is 11.7. The van der Waals surface area contributed by atoms with Gasteiger partial charge in [0.05, 0.1) is 0 Å². The minimum absolute atomic E-state index is 0. The first-order chi connectivity index (χ1) is 5.39. The van der Waals surface area contributed by atoms with Gasteiger partial charge in [0.2, 0.25) is 0 Å². The summed E-state index contributed by atoms with van der Waals surface area (Å²) in [5, 5.41) is 7.09. The van der Waals surface area contributed by atoms with Crippen molar-refractivity contribution >= 4 is 27.7 Å². The molecule has 0 fully saturated rings. The van der Waals surface area contributed by atoms with Gasteiger partial charge in [-0.05, 0) is 6.42 Å². The number of aliphatic carboxylic acids is 1. The van der Waals surface area contributed by atoms with Gasteiger partial charge in [-0.25, -0.2) is 20.3 Å². The van der Waals surface area contributed by atoms with Gasteiger partial charge in [-0.2, -0.15) is 0 Å². The van der Waals surface area contributed by atoms with Gasteiger partial charge in [0.1, 0.15) is 0 Å². The van der Waals surface area contributed by atoms with Gasteiger partial charge in [-0.3, -0.25) is 4.79 Å². The molecule has 13 heavy (non-hydrogen) atoms. The maximum absolute atomic E-state index is 10.6.